The van der Waals surface area contributed by atoms with Gasteiger partial charge in [0.1, 0.15) is 0 Å². The topological polar surface area (TPSA) is 29.9 Å². The van der Waals surface area contributed by atoms with Crippen LogP contribution in [0.25, 0.3) is 5.69 Å². The highest BCUT2D eigenvalue weighted by atomic mass is 15.3. The molecule has 0 saturated carbocycles. The Balaban J connectivity index is 2.27. The molecule has 0 saturated heterocycles. The minimum Gasteiger partial charge on any atom is -0.310 e. The van der Waals surface area contributed by atoms with Crippen LogP contribution < -0.4 is 5.32 Å². The largest absolute Gasteiger partial charge is 0.310 e. The number of rotatable bonds is 4. The zero-order chi connectivity index (χ0) is 13.1. The molecule has 1 heterocycles. The number of hydrogen-bond acceptors (Lipinski definition) is 2. The van der Waals surface area contributed by atoms with Crippen molar-refractivity contribution in [1.29, 1.82) is 0 Å². The van der Waals surface area contributed by atoms with Crippen molar-refractivity contribution in [2.45, 2.75) is 40.3 Å². The van der Waals surface area contributed by atoms with E-state index in [-0.39, 0.29) is 0 Å². The summed E-state index contributed by atoms with van der Waals surface area (Å²) in [6, 6.07) is 9.06. The Morgan fingerprint density at radius 2 is 2.00 bits per heavy atom. The maximum absolute atomic E-state index is 4.47. The molecule has 96 valence electrons. The van der Waals surface area contributed by atoms with Gasteiger partial charge >= 0.3 is 0 Å². The lowest BCUT2D eigenvalue weighted by molar-refractivity contribution is 0.588. The molecule has 1 N–H and O–H groups in total. The molecule has 18 heavy (non-hydrogen) atoms. The molecule has 0 radical (unpaired) electrons. The summed E-state index contributed by atoms with van der Waals surface area (Å²) in [5.41, 5.74) is 4.73. The van der Waals surface area contributed by atoms with Gasteiger partial charge in [0, 0.05) is 18.8 Å². The zero-order valence-corrected chi connectivity index (χ0v) is 11.6. The van der Waals surface area contributed by atoms with E-state index in [4.69, 9.17) is 0 Å². The second-order valence-corrected chi connectivity index (χ2v) is 5.06. The molecule has 3 heteroatoms. The van der Waals surface area contributed by atoms with Crippen LogP contribution in [0, 0.1) is 13.8 Å². The fraction of sp³-hybridized carbons (Fsp3) is 0.400. The minimum absolute atomic E-state index is 0.502. The van der Waals surface area contributed by atoms with Gasteiger partial charge in [-0.15, -0.1) is 0 Å². The monoisotopic (exact) mass is 243 g/mol. The van der Waals surface area contributed by atoms with Gasteiger partial charge in [-0.1, -0.05) is 26.0 Å². The molecule has 2 aromatic rings. The lowest BCUT2D eigenvalue weighted by atomic mass is 10.1. The number of aryl methyl sites for hydroxylation is 2. The Bertz CT molecular complexity index is 526. The third-order valence-corrected chi connectivity index (χ3v) is 2.96. The summed E-state index contributed by atoms with van der Waals surface area (Å²) in [7, 11) is 0. The number of nitrogens with zero attached hydrogens (tertiary/aromatic N) is 2. The van der Waals surface area contributed by atoms with Crippen LogP contribution in [0.4, 0.5) is 0 Å². The highest BCUT2D eigenvalue weighted by Gasteiger charge is 2.04. The second kappa shape index (κ2) is 5.36. The maximum atomic E-state index is 4.47. The Labute approximate surface area is 109 Å². The van der Waals surface area contributed by atoms with E-state index < -0.39 is 0 Å². The number of hydrogen-bond donors (Lipinski definition) is 1. The third-order valence-electron chi connectivity index (χ3n) is 2.96. The first-order valence-electron chi connectivity index (χ1n) is 6.42. The van der Waals surface area contributed by atoms with Gasteiger partial charge in [0.05, 0.1) is 11.4 Å². The lowest BCUT2D eigenvalue weighted by Crippen LogP contribution is -2.21. The standard InChI is InChI=1S/C15H21N3/c1-11(2)16-10-14-6-5-12(3)15(9-14)18-8-7-13(4)17-18/h5-9,11,16H,10H2,1-4H3. The minimum atomic E-state index is 0.502. The Kier molecular flexibility index (Phi) is 3.82. The van der Waals surface area contributed by atoms with Crippen LogP contribution in [-0.2, 0) is 6.54 Å². The van der Waals surface area contributed by atoms with Crippen molar-refractivity contribution in [2.24, 2.45) is 0 Å². The van der Waals surface area contributed by atoms with Crippen LogP contribution in [0.1, 0.15) is 30.7 Å². The molecule has 0 unspecified atom stereocenters. The van der Waals surface area contributed by atoms with Gasteiger partial charge in [0.2, 0.25) is 0 Å². The lowest BCUT2D eigenvalue weighted by Gasteiger charge is -2.11. The van der Waals surface area contributed by atoms with Crippen LogP contribution in [0.3, 0.4) is 0 Å². The normalized spacial score (nSPS) is 11.2. The Morgan fingerprint density at radius 1 is 1.22 bits per heavy atom. The van der Waals surface area contributed by atoms with Crippen LogP contribution in [0.2, 0.25) is 0 Å². The van der Waals surface area contributed by atoms with E-state index in [9.17, 15) is 0 Å². The van der Waals surface area contributed by atoms with Gasteiger partial charge in [-0.05, 0) is 37.1 Å². The Hall–Kier alpha value is -1.61. The molecule has 0 fully saturated rings. The van der Waals surface area contributed by atoms with Gasteiger partial charge < -0.3 is 5.32 Å². The van der Waals surface area contributed by atoms with Crippen molar-refractivity contribution in [3.05, 3.63) is 47.3 Å². The molecular weight excluding hydrogens is 222 g/mol. The summed E-state index contributed by atoms with van der Waals surface area (Å²) in [5, 5.41) is 7.91. The van der Waals surface area contributed by atoms with Gasteiger partial charge in [-0.3, -0.25) is 0 Å². The highest BCUT2D eigenvalue weighted by Crippen LogP contribution is 2.16. The summed E-state index contributed by atoms with van der Waals surface area (Å²) in [4.78, 5) is 0. The first kappa shape index (κ1) is 12.8. The first-order valence-corrected chi connectivity index (χ1v) is 6.42. The molecule has 0 amide bonds. The van der Waals surface area contributed by atoms with E-state index in [1.54, 1.807) is 0 Å². The SMILES string of the molecule is Cc1ccn(-c2cc(CNC(C)C)ccc2C)n1. The molecule has 0 aliphatic carbocycles. The number of benzene rings is 1. The van der Waals surface area contributed by atoms with Crippen LogP contribution in [0.5, 0.6) is 0 Å². The van der Waals surface area contributed by atoms with Gasteiger partial charge in [-0.2, -0.15) is 5.10 Å². The summed E-state index contributed by atoms with van der Waals surface area (Å²) in [5.74, 6) is 0. The molecule has 1 aromatic heterocycles. The summed E-state index contributed by atoms with van der Waals surface area (Å²) in [6.45, 7) is 9.34. The molecule has 2 rings (SSSR count). The van der Waals surface area contributed by atoms with E-state index in [1.807, 2.05) is 23.9 Å². The molecule has 0 aliphatic rings. The van der Waals surface area contributed by atoms with Crippen LogP contribution in [0.15, 0.2) is 30.5 Å². The molecule has 3 nitrogen and oxygen atoms in total. The molecule has 0 atom stereocenters. The van der Waals surface area contributed by atoms with Gasteiger partial charge in [0.25, 0.3) is 0 Å². The van der Waals surface area contributed by atoms with Gasteiger partial charge in [0.15, 0.2) is 0 Å². The molecule has 0 aliphatic heterocycles. The third kappa shape index (κ3) is 2.99. The quantitative estimate of drug-likeness (QED) is 0.894. The van der Waals surface area contributed by atoms with Crippen molar-refractivity contribution in [3.8, 4) is 5.69 Å². The number of aromatic nitrogens is 2. The van der Waals surface area contributed by atoms with E-state index in [2.05, 4.69) is 49.4 Å². The molecular formula is C15H21N3. The summed E-state index contributed by atoms with van der Waals surface area (Å²) in [6.07, 6.45) is 2.01. The fourth-order valence-electron chi connectivity index (χ4n) is 1.88. The number of nitrogens with one attached hydrogen (secondary N) is 1. The average Bonchev–Trinajstić information content (AvgIpc) is 2.74. The molecule has 1 aromatic carbocycles. The van der Waals surface area contributed by atoms with Crippen molar-refractivity contribution < 1.29 is 0 Å². The highest BCUT2D eigenvalue weighted by molar-refractivity contribution is 5.42. The smallest absolute Gasteiger partial charge is 0.0678 e. The Morgan fingerprint density at radius 3 is 2.61 bits per heavy atom. The second-order valence-electron chi connectivity index (χ2n) is 5.06. The average molecular weight is 243 g/mol. The van der Waals surface area contributed by atoms with Crippen molar-refractivity contribution in [1.82, 2.24) is 15.1 Å². The van der Waals surface area contributed by atoms with Crippen molar-refractivity contribution in [3.63, 3.8) is 0 Å². The maximum Gasteiger partial charge on any atom is 0.0678 e. The molecule has 0 bridgehead atoms. The first-order chi connectivity index (χ1) is 8.56. The van der Waals surface area contributed by atoms with Crippen LogP contribution >= 0.6 is 0 Å². The van der Waals surface area contributed by atoms with Crippen molar-refractivity contribution >= 4 is 0 Å². The van der Waals surface area contributed by atoms with E-state index in [0.29, 0.717) is 6.04 Å². The van der Waals surface area contributed by atoms with Gasteiger partial charge in [-0.25, -0.2) is 4.68 Å². The summed E-state index contributed by atoms with van der Waals surface area (Å²) < 4.78 is 1.95. The predicted molar refractivity (Wildman–Crippen MR) is 75.0 cm³/mol. The van der Waals surface area contributed by atoms with Crippen LogP contribution in [-0.4, -0.2) is 15.8 Å². The summed E-state index contributed by atoms with van der Waals surface area (Å²) >= 11 is 0. The van der Waals surface area contributed by atoms with Crippen molar-refractivity contribution in [2.75, 3.05) is 0 Å². The zero-order valence-electron chi connectivity index (χ0n) is 11.6. The van der Waals surface area contributed by atoms with E-state index >= 15 is 0 Å². The van der Waals surface area contributed by atoms with E-state index in [1.165, 1.54) is 11.1 Å². The predicted octanol–water partition coefficient (Wildman–Crippen LogP) is 2.99. The fourth-order valence-corrected chi connectivity index (χ4v) is 1.88. The van der Waals surface area contributed by atoms with E-state index in [0.717, 1.165) is 17.9 Å². The molecule has 0 spiro atoms.